The minimum atomic E-state index is -0.180. The standard InChI is InChI=1S/C18H18N2OS/c1-11-8-9-12(2)14(10-11)17(21)19-18-20(4)16-13(3)6-5-7-15(16)22-18/h5-10H,1-4H3. The summed E-state index contributed by atoms with van der Waals surface area (Å²) in [6.45, 7) is 6.00. The van der Waals surface area contributed by atoms with Crippen molar-refractivity contribution < 1.29 is 4.79 Å². The van der Waals surface area contributed by atoms with Crippen molar-refractivity contribution in [2.24, 2.45) is 12.0 Å². The number of rotatable bonds is 1. The molecule has 1 amide bonds. The monoisotopic (exact) mass is 310 g/mol. The van der Waals surface area contributed by atoms with Crippen LogP contribution in [-0.2, 0) is 7.05 Å². The number of hydrogen-bond donors (Lipinski definition) is 0. The predicted octanol–water partition coefficient (Wildman–Crippen LogP) is 3.91. The van der Waals surface area contributed by atoms with Crippen LogP contribution in [0.25, 0.3) is 10.2 Å². The van der Waals surface area contributed by atoms with Crippen molar-refractivity contribution in [3.63, 3.8) is 0 Å². The number of carbonyl (C=O) groups excluding carboxylic acids is 1. The van der Waals surface area contributed by atoms with Gasteiger partial charge in [-0.2, -0.15) is 4.99 Å². The highest BCUT2D eigenvalue weighted by Gasteiger charge is 2.10. The van der Waals surface area contributed by atoms with E-state index in [0.717, 1.165) is 26.1 Å². The molecule has 3 aromatic rings. The molecule has 0 fully saturated rings. The molecule has 0 aliphatic heterocycles. The molecule has 4 heteroatoms. The Morgan fingerprint density at radius 1 is 1.09 bits per heavy atom. The summed E-state index contributed by atoms with van der Waals surface area (Å²) in [6, 6.07) is 12.0. The molecular weight excluding hydrogens is 292 g/mol. The van der Waals surface area contributed by atoms with Gasteiger partial charge in [-0.3, -0.25) is 4.79 Å². The van der Waals surface area contributed by atoms with Crippen molar-refractivity contribution in [1.82, 2.24) is 4.57 Å². The Labute approximate surface area is 133 Å². The topological polar surface area (TPSA) is 34.4 Å². The van der Waals surface area contributed by atoms with Crippen LogP contribution < -0.4 is 4.80 Å². The third-order valence-corrected chi connectivity index (χ3v) is 4.94. The van der Waals surface area contributed by atoms with E-state index in [0.29, 0.717) is 5.56 Å². The van der Waals surface area contributed by atoms with Gasteiger partial charge in [-0.15, -0.1) is 0 Å². The number of thiazole rings is 1. The number of benzene rings is 2. The molecule has 112 valence electrons. The summed E-state index contributed by atoms with van der Waals surface area (Å²) in [5.41, 5.74) is 5.03. The van der Waals surface area contributed by atoms with Gasteiger partial charge in [0.25, 0.3) is 5.91 Å². The van der Waals surface area contributed by atoms with Crippen LogP contribution in [0.15, 0.2) is 41.4 Å². The van der Waals surface area contributed by atoms with E-state index in [1.54, 1.807) is 11.3 Å². The molecule has 0 atom stereocenters. The number of nitrogens with zero attached hydrogens (tertiary/aromatic N) is 2. The lowest BCUT2D eigenvalue weighted by molar-refractivity contribution is 0.0997. The number of aromatic nitrogens is 1. The second kappa shape index (κ2) is 5.54. The molecule has 1 heterocycles. The maximum absolute atomic E-state index is 12.5. The first kappa shape index (κ1) is 14.7. The zero-order valence-electron chi connectivity index (χ0n) is 13.2. The maximum Gasteiger partial charge on any atom is 0.279 e. The van der Waals surface area contributed by atoms with E-state index in [-0.39, 0.29) is 5.91 Å². The first-order chi connectivity index (χ1) is 10.5. The van der Waals surface area contributed by atoms with Crippen LogP contribution in [-0.4, -0.2) is 10.5 Å². The van der Waals surface area contributed by atoms with Gasteiger partial charge in [0.15, 0.2) is 4.80 Å². The van der Waals surface area contributed by atoms with Crippen molar-refractivity contribution in [3.05, 3.63) is 63.5 Å². The van der Waals surface area contributed by atoms with Gasteiger partial charge in [0, 0.05) is 12.6 Å². The third kappa shape index (κ3) is 2.50. The van der Waals surface area contributed by atoms with E-state index >= 15 is 0 Å². The lowest BCUT2D eigenvalue weighted by Crippen LogP contribution is -2.14. The Balaban J connectivity index is 2.16. The molecule has 0 saturated heterocycles. The van der Waals surface area contributed by atoms with Gasteiger partial charge in [0.1, 0.15) is 0 Å². The second-order valence-corrected chi connectivity index (χ2v) is 6.61. The molecule has 0 unspecified atom stereocenters. The molecule has 22 heavy (non-hydrogen) atoms. The fourth-order valence-corrected chi connectivity index (χ4v) is 3.71. The molecule has 2 aromatic carbocycles. The molecule has 0 aliphatic carbocycles. The van der Waals surface area contributed by atoms with Crippen molar-refractivity contribution in [2.45, 2.75) is 20.8 Å². The predicted molar refractivity (Wildman–Crippen MR) is 91.3 cm³/mol. The first-order valence-corrected chi connectivity index (χ1v) is 8.00. The number of amides is 1. The highest BCUT2D eigenvalue weighted by Crippen LogP contribution is 2.20. The fraction of sp³-hybridized carbons (Fsp3) is 0.222. The summed E-state index contributed by atoms with van der Waals surface area (Å²) in [5.74, 6) is -0.180. The van der Waals surface area contributed by atoms with Gasteiger partial charge < -0.3 is 4.57 Å². The Morgan fingerprint density at radius 3 is 2.59 bits per heavy atom. The van der Waals surface area contributed by atoms with Gasteiger partial charge >= 0.3 is 0 Å². The van der Waals surface area contributed by atoms with Crippen molar-refractivity contribution in [2.75, 3.05) is 0 Å². The quantitative estimate of drug-likeness (QED) is 0.671. The summed E-state index contributed by atoms with van der Waals surface area (Å²) >= 11 is 1.55. The second-order valence-electron chi connectivity index (χ2n) is 5.60. The molecule has 1 aromatic heterocycles. The minimum absolute atomic E-state index is 0.180. The van der Waals surface area contributed by atoms with Crippen LogP contribution in [0.4, 0.5) is 0 Å². The highest BCUT2D eigenvalue weighted by atomic mass is 32.1. The average Bonchev–Trinajstić information content (AvgIpc) is 2.79. The van der Waals surface area contributed by atoms with Crippen LogP contribution in [0.2, 0.25) is 0 Å². The van der Waals surface area contributed by atoms with Crippen LogP contribution in [0, 0.1) is 20.8 Å². The molecular formula is C18H18N2OS. The lowest BCUT2D eigenvalue weighted by atomic mass is 10.1. The lowest BCUT2D eigenvalue weighted by Gasteiger charge is -2.02. The van der Waals surface area contributed by atoms with Crippen molar-refractivity contribution in [1.29, 1.82) is 0 Å². The molecule has 0 N–H and O–H groups in total. The van der Waals surface area contributed by atoms with Gasteiger partial charge in [0.05, 0.1) is 10.2 Å². The molecule has 0 aliphatic rings. The summed E-state index contributed by atoms with van der Waals surface area (Å²) in [7, 11) is 1.96. The van der Waals surface area contributed by atoms with Crippen LogP contribution in [0.1, 0.15) is 27.0 Å². The van der Waals surface area contributed by atoms with Gasteiger partial charge in [-0.1, -0.05) is 41.2 Å². The average molecular weight is 310 g/mol. The van der Waals surface area contributed by atoms with Crippen LogP contribution in [0.5, 0.6) is 0 Å². The zero-order valence-corrected chi connectivity index (χ0v) is 14.0. The zero-order chi connectivity index (χ0) is 15.9. The summed E-state index contributed by atoms with van der Waals surface area (Å²) in [4.78, 5) is 17.6. The van der Waals surface area contributed by atoms with E-state index < -0.39 is 0 Å². The number of fused-ring (bicyclic) bond motifs is 1. The van der Waals surface area contributed by atoms with Gasteiger partial charge in [-0.25, -0.2) is 0 Å². The molecule has 3 nitrogen and oxygen atoms in total. The molecule has 3 rings (SSSR count). The largest absolute Gasteiger partial charge is 0.319 e. The molecule has 0 bridgehead atoms. The Morgan fingerprint density at radius 2 is 1.86 bits per heavy atom. The summed E-state index contributed by atoms with van der Waals surface area (Å²) in [5, 5.41) is 0. The number of para-hydroxylation sites is 1. The summed E-state index contributed by atoms with van der Waals surface area (Å²) < 4.78 is 3.15. The van der Waals surface area contributed by atoms with E-state index in [9.17, 15) is 4.79 Å². The number of hydrogen-bond acceptors (Lipinski definition) is 2. The normalized spacial score (nSPS) is 12.1. The van der Waals surface area contributed by atoms with E-state index in [2.05, 4.69) is 24.0 Å². The summed E-state index contributed by atoms with van der Waals surface area (Å²) in [6.07, 6.45) is 0. The van der Waals surface area contributed by atoms with Gasteiger partial charge in [0.2, 0.25) is 0 Å². The minimum Gasteiger partial charge on any atom is -0.319 e. The van der Waals surface area contributed by atoms with Crippen LogP contribution in [0.3, 0.4) is 0 Å². The van der Waals surface area contributed by atoms with E-state index in [1.807, 2.05) is 49.7 Å². The molecule has 0 radical (unpaired) electrons. The molecule has 0 spiro atoms. The Bertz CT molecular complexity index is 947. The maximum atomic E-state index is 12.5. The highest BCUT2D eigenvalue weighted by molar-refractivity contribution is 7.16. The van der Waals surface area contributed by atoms with Crippen molar-refractivity contribution in [3.8, 4) is 0 Å². The van der Waals surface area contributed by atoms with Crippen molar-refractivity contribution >= 4 is 27.5 Å². The SMILES string of the molecule is Cc1ccc(C)c(C(=O)N=c2sc3cccc(C)c3n2C)c1. The number of carbonyl (C=O) groups is 1. The van der Waals surface area contributed by atoms with Gasteiger partial charge in [-0.05, 0) is 44.0 Å². The van der Waals surface area contributed by atoms with E-state index in [1.165, 1.54) is 5.56 Å². The third-order valence-electron chi connectivity index (χ3n) is 3.84. The van der Waals surface area contributed by atoms with E-state index in [4.69, 9.17) is 0 Å². The fourth-order valence-electron chi connectivity index (χ4n) is 2.62. The molecule has 0 saturated carbocycles. The smallest absolute Gasteiger partial charge is 0.279 e. The first-order valence-electron chi connectivity index (χ1n) is 7.19. The Kier molecular flexibility index (Phi) is 3.71. The Hall–Kier alpha value is -2.20. The van der Waals surface area contributed by atoms with Crippen LogP contribution >= 0.6 is 11.3 Å². The number of aryl methyl sites for hydroxylation is 4.